The van der Waals surface area contributed by atoms with Crippen LogP contribution in [0.25, 0.3) is 21.5 Å². The molecule has 0 fully saturated rings. The van der Waals surface area contributed by atoms with Gasteiger partial charge in [-0.05, 0) is 54.7 Å². The van der Waals surface area contributed by atoms with E-state index in [1.54, 1.807) is 13.8 Å². The molecule has 0 unspecified atom stereocenters. The Balaban J connectivity index is 2.06. The van der Waals surface area contributed by atoms with Crippen LogP contribution >= 0.6 is 0 Å². The monoisotopic (exact) mass is 306 g/mol. The Morgan fingerprint density at radius 1 is 0.826 bits per heavy atom. The van der Waals surface area contributed by atoms with Crippen LogP contribution < -0.4 is 5.46 Å². The molecule has 0 aliphatic carbocycles. The summed E-state index contributed by atoms with van der Waals surface area (Å²) in [7, 11) is 0.475. The molecule has 1 N–H and O–H groups in total. The lowest BCUT2D eigenvalue weighted by molar-refractivity contribution is -0.0893. The van der Waals surface area contributed by atoms with E-state index in [9.17, 15) is 5.11 Å². The summed E-state index contributed by atoms with van der Waals surface area (Å²) in [6.07, 6.45) is 0. The Hall–Kier alpha value is -1.84. The van der Waals surface area contributed by atoms with Crippen molar-refractivity contribution in [3.63, 3.8) is 0 Å². The highest BCUT2D eigenvalue weighted by Gasteiger charge is 2.35. The van der Waals surface area contributed by atoms with Gasteiger partial charge in [-0.25, -0.2) is 0 Å². The van der Waals surface area contributed by atoms with E-state index in [4.69, 9.17) is 4.65 Å². The minimum absolute atomic E-state index is 0.475. The lowest BCUT2D eigenvalue weighted by Gasteiger charge is -2.37. The van der Waals surface area contributed by atoms with Crippen molar-refractivity contribution in [2.45, 2.75) is 38.9 Å². The number of hydrogen-bond donors (Lipinski definition) is 1. The zero-order chi connectivity index (χ0) is 16.7. The highest BCUT2D eigenvalue weighted by Crippen LogP contribution is 2.26. The molecule has 0 saturated heterocycles. The van der Waals surface area contributed by atoms with Crippen LogP contribution in [0.15, 0.2) is 54.6 Å². The second kappa shape index (κ2) is 5.66. The maximum Gasteiger partial charge on any atom is 0.310 e. The van der Waals surface area contributed by atoms with Gasteiger partial charge in [0.1, 0.15) is 0 Å². The lowest BCUT2D eigenvalue weighted by atomic mass is 9.79. The van der Waals surface area contributed by atoms with E-state index in [-0.39, 0.29) is 0 Å². The van der Waals surface area contributed by atoms with E-state index >= 15 is 0 Å². The summed E-state index contributed by atoms with van der Waals surface area (Å²) in [6.45, 7) is 7.42. The summed E-state index contributed by atoms with van der Waals surface area (Å²) in [5, 5.41) is 15.2. The molecule has 0 saturated carbocycles. The van der Waals surface area contributed by atoms with Gasteiger partial charge >= 0.3 is 7.48 Å². The third kappa shape index (κ3) is 2.99. The molecule has 3 aromatic carbocycles. The summed E-state index contributed by atoms with van der Waals surface area (Å²) in [6, 6.07) is 19.0. The summed E-state index contributed by atoms with van der Waals surface area (Å²) < 4.78 is 6.09. The molecular formula is C20H23BO2. The number of aliphatic hydroxyl groups is 1. The van der Waals surface area contributed by atoms with Crippen LogP contribution in [0.1, 0.15) is 27.7 Å². The van der Waals surface area contributed by atoms with Crippen LogP contribution in [0.3, 0.4) is 0 Å². The second-order valence-electron chi connectivity index (χ2n) is 7.16. The zero-order valence-electron chi connectivity index (χ0n) is 14.3. The van der Waals surface area contributed by atoms with Crippen molar-refractivity contribution in [2.75, 3.05) is 0 Å². The van der Waals surface area contributed by atoms with Gasteiger partial charge in [-0.1, -0.05) is 54.6 Å². The third-order valence-electron chi connectivity index (χ3n) is 4.92. The fraction of sp³-hybridized carbons (Fsp3) is 0.300. The van der Waals surface area contributed by atoms with Crippen molar-refractivity contribution >= 4 is 34.5 Å². The van der Waals surface area contributed by atoms with E-state index < -0.39 is 11.2 Å². The topological polar surface area (TPSA) is 29.5 Å². The van der Waals surface area contributed by atoms with E-state index in [1.807, 2.05) is 13.8 Å². The van der Waals surface area contributed by atoms with Gasteiger partial charge in [-0.2, -0.15) is 0 Å². The van der Waals surface area contributed by atoms with Crippen molar-refractivity contribution in [1.82, 2.24) is 0 Å². The predicted molar refractivity (Wildman–Crippen MR) is 99.7 cm³/mol. The van der Waals surface area contributed by atoms with Crippen molar-refractivity contribution in [3.8, 4) is 0 Å². The minimum atomic E-state index is -0.903. The van der Waals surface area contributed by atoms with Crippen LogP contribution in [0.2, 0.25) is 0 Å². The van der Waals surface area contributed by atoms with Gasteiger partial charge < -0.3 is 9.76 Å². The van der Waals surface area contributed by atoms with Crippen molar-refractivity contribution in [3.05, 3.63) is 54.6 Å². The number of fused-ring (bicyclic) bond motifs is 3. The average Bonchev–Trinajstić information content (AvgIpc) is 2.51. The molecule has 118 valence electrons. The van der Waals surface area contributed by atoms with E-state index in [2.05, 4.69) is 54.6 Å². The Morgan fingerprint density at radius 3 is 2.04 bits per heavy atom. The normalized spacial score (nSPS) is 12.7. The molecule has 0 radical (unpaired) electrons. The van der Waals surface area contributed by atoms with Crippen molar-refractivity contribution < 1.29 is 9.76 Å². The smallest absolute Gasteiger partial charge is 0.310 e. The van der Waals surface area contributed by atoms with Crippen LogP contribution in [-0.2, 0) is 4.65 Å². The molecule has 3 heteroatoms. The molecule has 0 bridgehead atoms. The highest BCUT2D eigenvalue weighted by molar-refractivity contribution is 6.52. The molecule has 0 atom stereocenters. The van der Waals surface area contributed by atoms with E-state index in [1.165, 1.54) is 21.5 Å². The van der Waals surface area contributed by atoms with Crippen LogP contribution in [0.5, 0.6) is 0 Å². The number of rotatable bonds is 4. The van der Waals surface area contributed by atoms with E-state index in [0.717, 1.165) is 5.46 Å². The fourth-order valence-electron chi connectivity index (χ4n) is 2.69. The minimum Gasteiger partial charge on any atom is -0.427 e. The van der Waals surface area contributed by atoms with E-state index in [0.29, 0.717) is 7.48 Å². The van der Waals surface area contributed by atoms with Crippen molar-refractivity contribution in [2.24, 2.45) is 0 Å². The first-order chi connectivity index (χ1) is 10.8. The molecule has 2 nitrogen and oxygen atoms in total. The first kappa shape index (κ1) is 16.0. The molecular weight excluding hydrogens is 283 g/mol. The second-order valence-corrected chi connectivity index (χ2v) is 7.16. The molecule has 23 heavy (non-hydrogen) atoms. The summed E-state index contributed by atoms with van der Waals surface area (Å²) >= 11 is 0. The van der Waals surface area contributed by atoms with Gasteiger partial charge in [-0.3, -0.25) is 0 Å². The Labute approximate surface area is 138 Å². The summed E-state index contributed by atoms with van der Waals surface area (Å²) in [5.74, 6) is 0. The van der Waals surface area contributed by atoms with Crippen LogP contribution in [0, 0.1) is 0 Å². The highest BCUT2D eigenvalue weighted by atomic mass is 16.5. The predicted octanol–water partition coefficient (Wildman–Crippen LogP) is 3.54. The van der Waals surface area contributed by atoms with Gasteiger partial charge in [0.05, 0.1) is 11.2 Å². The fourth-order valence-corrected chi connectivity index (χ4v) is 2.69. The SMILES string of the molecule is CC(C)(O)C(C)(C)OBc1cc2ccccc2c2ccccc12. The van der Waals surface area contributed by atoms with Gasteiger partial charge in [-0.15, -0.1) is 0 Å². The van der Waals surface area contributed by atoms with Crippen LogP contribution in [-0.4, -0.2) is 23.8 Å². The lowest BCUT2D eigenvalue weighted by Crippen LogP contribution is -2.49. The maximum absolute atomic E-state index is 10.3. The molecule has 0 heterocycles. The molecule has 0 aliphatic rings. The quantitative estimate of drug-likeness (QED) is 0.590. The Bertz CT molecular complexity index is 847. The molecule has 3 rings (SSSR count). The van der Waals surface area contributed by atoms with Crippen LogP contribution in [0.4, 0.5) is 0 Å². The third-order valence-corrected chi connectivity index (χ3v) is 4.92. The number of benzene rings is 3. The maximum atomic E-state index is 10.3. The molecule has 3 aromatic rings. The number of hydrogen-bond acceptors (Lipinski definition) is 2. The van der Waals surface area contributed by atoms with Gasteiger partial charge in [0.25, 0.3) is 0 Å². The summed E-state index contributed by atoms with van der Waals surface area (Å²) in [4.78, 5) is 0. The Morgan fingerprint density at radius 2 is 1.39 bits per heavy atom. The average molecular weight is 306 g/mol. The first-order valence-electron chi connectivity index (χ1n) is 8.05. The standard InChI is InChI=1S/C20H23BO2/c1-19(2,22)20(3,4)23-21-18-13-14-9-5-6-10-15(14)16-11-7-8-12-17(16)18/h5-13,21-22H,1-4H3. The van der Waals surface area contributed by atoms with Gasteiger partial charge in [0.15, 0.2) is 0 Å². The molecule has 0 amide bonds. The summed E-state index contributed by atoms with van der Waals surface area (Å²) in [5.41, 5.74) is -0.379. The largest absolute Gasteiger partial charge is 0.427 e. The molecule has 0 aromatic heterocycles. The first-order valence-corrected chi connectivity index (χ1v) is 8.05. The van der Waals surface area contributed by atoms with Crippen molar-refractivity contribution in [1.29, 1.82) is 0 Å². The molecule has 0 aliphatic heterocycles. The zero-order valence-corrected chi connectivity index (χ0v) is 14.3. The van der Waals surface area contributed by atoms with Gasteiger partial charge in [0.2, 0.25) is 0 Å². The Kier molecular flexibility index (Phi) is 3.95. The molecule has 0 spiro atoms. The van der Waals surface area contributed by atoms with Gasteiger partial charge in [0, 0.05) is 0 Å².